The Morgan fingerprint density at radius 2 is 1.96 bits per heavy atom. The summed E-state index contributed by atoms with van der Waals surface area (Å²) in [6.45, 7) is 0. The largest absolute Gasteiger partial charge is 0.493 e. The highest BCUT2D eigenvalue weighted by Crippen LogP contribution is 2.40. The number of anilines is 1. The molecule has 1 heterocycles. The summed E-state index contributed by atoms with van der Waals surface area (Å²) in [5, 5.41) is 11.7. The zero-order chi connectivity index (χ0) is 18.7. The van der Waals surface area contributed by atoms with Crippen LogP contribution in [-0.2, 0) is 11.2 Å². The molecular weight excluding hydrogens is 354 g/mol. The molecule has 0 bridgehead atoms. The Bertz CT molecular complexity index is 852. The molecule has 6 nitrogen and oxygen atoms in total. The Hall–Kier alpha value is -2.67. The average molecular weight is 373 g/mol. The lowest BCUT2D eigenvalue weighted by Gasteiger charge is -2.25. The minimum Gasteiger partial charge on any atom is -0.493 e. The summed E-state index contributed by atoms with van der Waals surface area (Å²) in [4.78, 5) is 24.3. The third-order valence-corrected chi connectivity index (χ3v) is 5.46. The topological polar surface area (TPSA) is 84.9 Å². The molecule has 1 aliphatic heterocycles. The van der Waals surface area contributed by atoms with Gasteiger partial charge in [-0.15, -0.1) is 11.8 Å². The van der Waals surface area contributed by atoms with Crippen LogP contribution in [0, 0.1) is 0 Å². The number of ether oxygens (including phenoxy) is 2. The summed E-state index contributed by atoms with van der Waals surface area (Å²) in [7, 11) is 2.86. The van der Waals surface area contributed by atoms with Crippen LogP contribution in [0.15, 0.2) is 36.4 Å². The molecular formula is C19H19NO5S. The summed E-state index contributed by atoms with van der Waals surface area (Å²) < 4.78 is 10.5. The minimum atomic E-state index is -1.11. The fourth-order valence-corrected chi connectivity index (χ4v) is 4.18. The number of benzene rings is 2. The van der Waals surface area contributed by atoms with Gasteiger partial charge < -0.3 is 19.9 Å². The summed E-state index contributed by atoms with van der Waals surface area (Å²) in [5.74, 6) is 0.0632. The number of carbonyl (C=O) groups is 2. The number of carboxylic acids is 1. The fourth-order valence-electron chi connectivity index (χ4n) is 2.99. The summed E-state index contributed by atoms with van der Waals surface area (Å²) in [6.07, 6.45) is 0.927. The van der Waals surface area contributed by atoms with Gasteiger partial charge in [-0.25, -0.2) is 4.79 Å². The maximum Gasteiger partial charge on any atom is 0.335 e. The van der Waals surface area contributed by atoms with Crippen LogP contribution in [0.1, 0.15) is 26.7 Å². The number of thioether (sulfide) groups is 1. The van der Waals surface area contributed by atoms with Crippen molar-refractivity contribution in [3.05, 3.63) is 53.1 Å². The summed E-state index contributed by atoms with van der Waals surface area (Å²) in [6, 6.07) is 10.6. The van der Waals surface area contributed by atoms with Gasteiger partial charge in [0.25, 0.3) is 0 Å². The van der Waals surface area contributed by atoms with E-state index in [2.05, 4.69) is 5.32 Å². The monoisotopic (exact) mass is 373 g/mol. The van der Waals surface area contributed by atoms with Crippen molar-refractivity contribution in [1.82, 2.24) is 0 Å². The highest BCUT2D eigenvalue weighted by Gasteiger charge is 2.28. The molecule has 0 radical (unpaired) electrons. The van der Waals surface area contributed by atoms with E-state index in [1.54, 1.807) is 11.8 Å². The number of methoxy groups -OCH3 is 2. The van der Waals surface area contributed by atoms with E-state index >= 15 is 0 Å². The number of carboxylic acid groups (broad SMARTS) is 1. The lowest BCUT2D eigenvalue weighted by molar-refractivity contribution is -0.115. The van der Waals surface area contributed by atoms with E-state index in [0.717, 1.165) is 23.3 Å². The second-order valence-corrected chi connectivity index (χ2v) is 6.97. The number of aromatic carboxylic acids is 1. The maximum absolute atomic E-state index is 12.9. The first-order valence-electron chi connectivity index (χ1n) is 8.04. The highest BCUT2D eigenvalue weighted by molar-refractivity contribution is 8.00. The van der Waals surface area contributed by atoms with Crippen LogP contribution in [0.4, 0.5) is 5.69 Å². The number of hydrogen-bond acceptors (Lipinski definition) is 5. The van der Waals surface area contributed by atoms with Gasteiger partial charge in [-0.1, -0.05) is 24.3 Å². The van der Waals surface area contributed by atoms with Crippen LogP contribution < -0.4 is 14.8 Å². The van der Waals surface area contributed by atoms with E-state index < -0.39 is 5.97 Å². The van der Waals surface area contributed by atoms with Gasteiger partial charge in [0.1, 0.15) is 5.25 Å². The molecule has 0 saturated carbocycles. The van der Waals surface area contributed by atoms with Crippen molar-refractivity contribution < 1.29 is 24.2 Å². The number of nitrogens with one attached hydrogen (secondary N) is 1. The predicted molar refractivity (Wildman–Crippen MR) is 100 cm³/mol. The Kier molecular flexibility index (Phi) is 5.37. The van der Waals surface area contributed by atoms with E-state index in [9.17, 15) is 14.7 Å². The molecule has 2 N–H and O–H groups in total. The first-order valence-corrected chi connectivity index (χ1v) is 9.09. The molecule has 1 amide bonds. The van der Waals surface area contributed by atoms with Crippen LogP contribution in [0.2, 0.25) is 0 Å². The van der Waals surface area contributed by atoms with Crippen LogP contribution in [0.5, 0.6) is 11.5 Å². The fraction of sp³-hybridized carbons (Fsp3) is 0.263. The number of carbonyl (C=O) groups excluding carboxylic acids is 1. The molecule has 0 spiro atoms. The molecule has 26 heavy (non-hydrogen) atoms. The van der Waals surface area contributed by atoms with Crippen molar-refractivity contribution in [3.8, 4) is 11.5 Å². The zero-order valence-corrected chi connectivity index (χ0v) is 15.3. The smallest absolute Gasteiger partial charge is 0.335 e. The molecule has 0 aromatic heterocycles. The van der Waals surface area contributed by atoms with Crippen molar-refractivity contribution in [1.29, 1.82) is 0 Å². The molecule has 1 aliphatic rings. The van der Waals surface area contributed by atoms with Crippen LogP contribution in [0.3, 0.4) is 0 Å². The summed E-state index contributed by atoms with van der Waals surface area (Å²) in [5.41, 5.74) is 2.43. The van der Waals surface area contributed by atoms with Crippen molar-refractivity contribution in [2.45, 2.75) is 11.7 Å². The first-order chi connectivity index (χ1) is 12.5. The number of amides is 1. The van der Waals surface area contributed by atoms with E-state index in [-0.39, 0.29) is 28.2 Å². The molecule has 2 aromatic rings. The second kappa shape index (κ2) is 7.70. The van der Waals surface area contributed by atoms with Gasteiger partial charge in [0.05, 0.1) is 25.5 Å². The van der Waals surface area contributed by atoms with Crippen LogP contribution in [-0.4, -0.2) is 37.0 Å². The number of rotatable bonds is 5. The van der Waals surface area contributed by atoms with Crippen LogP contribution in [0.25, 0.3) is 0 Å². The Labute approximate surface area is 155 Å². The number of hydrogen-bond donors (Lipinski definition) is 2. The SMILES string of the molecule is COc1cc(C(=O)O)cc(NC(=O)C2SCCc3ccccc32)c1OC. The molecule has 1 atom stereocenters. The van der Waals surface area contributed by atoms with Crippen molar-refractivity contribution in [2.75, 3.05) is 25.3 Å². The predicted octanol–water partition coefficient (Wildman–Crippen LogP) is 3.37. The van der Waals surface area contributed by atoms with Crippen molar-refractivity contribution in [3.63, 3.8) is 0 Å². The minimum absolute atomic E-state index is 0.00893. The lowest BCUT2D eigenvalue weighted by Crippen LogP contribution is -2.23. The second-order valence-electron chi connectivity index (χ2n) is 5.75. The van der Waals surface area contributed by atoms with Gasteiger partial charge in [0.2, 0.25) is 5.91 Å². The molecule has 3 rings (SSSR count). The van der Waals surface area contributed by atoms with E-state index in [4.69, 9.17) is 9.47 Å². The van der Waals surface area contributed by atoms with Gasteiger partial charge in [-0.3, -0.25) is 4.79 Å². The maximum atomic E-state index is 12.9. The van der Waals surface area contributed by atoms with E-state index in [1.165, 1.54) is 26.4 Å². The highest BCUT2D eigenvalue weighted by atomic mass is 32.2. The van der Waals surface area contributed by atoms with Crippen LogP contribution >= 0.6 is 11.8 Å². The quantitative estimate of drug-likeness (QED) is 0.836. The Balaban J connectivity index is 1.95. The Morgan fingerprint density at radius 3 is 2.65 bits per heavy atom. The van der Waals surface area contributed by atoms with Crippen molar-refractivity contribution in [2.24, 2.45) is 0 Å². The number of fused-ring (bicyclic) bond motifs is 1. The first kappa shape index (κ1) is 18.1. The number of aryl methyl sites for hydroxylation is 1. The van der Waals surface area contributed by atoms with Gasteiger partial charge in [0.15, 0.2) is 11.5 Å². The van der Waals surface area contributed by atoms with E-state index in [0.29, 0.717) is 5.75 Å². The van der Waals surface area contributed by atoms with Gasteiger partial charge in [-0.2, -0.15) is 0 Å². The van der Waals surface area contributed by atoms with Gasteiger partial charge in [0, 0.05) is 0 Å². The molecule has 0 aliphatic carbocycles. The normalized spacial score (nSPS) is 15.7. The molecule has 0 fully saturated rings. The van der Waals surface area contributed by atoms with Gasteiger partial charge in [-0.05, 0) is 35.4 Å². The zero-order valence-electron chi connectivity index (χ0n) is 14.4. The average Bonchev–Trinajstić information content (AvgIpc) is 2.66. The molecule has 0 saturated heterocycles. The van der Waals surface area contributed by atoms with E-state index in [1.807, 2.05) is 24.3 Å². The molecule has 2 aromatic carbocycles. The van der Waals surface area contributed by atoms with Gasteiger partial charge >= 0.3 is 5.97 Å². The molecule has 7 heteroatoms. The molecule has 136 valence electrons. The standard InChI is InChI=1S/C19H19NO5S/c1-24-15-10-12(19(22)23)9-14(16(15)25-2)20-18(21)17-13-6-4-3-5-11(13)7-8-26-17/h3-6,9-10,17H,7-8H2,1-2H3,(H,20,21)(H,22,23). The third-order valence-electron chi connectivity index (χ3n) is 4.22. The summed E-state index contributed by atoms with van der Waals surface area (Å²) >= 11 is 1.57. The Morgan fingerprint density at radius 1 is 1.19 bits per heavy atom. The molecule has 1 unspecified atom stereocenters. The van der Waals surface area contributed by atoms with Crippen molar-refractivity contribution >= 4 is 29.3 Å². The third kappa shape index (κ3) is 3.48. The lowest BCUT2D eigenvalue weighted by atomic mass is 10.0.